The van der Waals surface area contributed by atoms with Crippen molar-refractivity contribution < 1.29 is 13.2 Å². The summed E-state index contributed by atoms with van der Waals surface area (Å²) < 4.78 is 28.2. The van der Waals surface area contributed by atoms with Gasteiger partial charge in [-0.2, -0.15) is 0 Å². The van der Waals surface area contributed by atoms with E-state index in [1.807, 2.05) is 0 Å². The fraction of sp³-hybridized carbons (Fsp3) is 0.357. The molecule has 0 spiro atoms. The Morgan fingerprint density at radius 3 is 2.45 bits per heavy atom. The van der Waals surface area contributed by atoms with Crippen LogP contribution in [0, 0.1) is 0 Å². The maximum atomic E-state index is 11.3. The van der Waals surface area contributed by atoms with Crippen molar-refractivity contribution in [3.8, 4) is 5.75 Å². The highest BCUT2D eigenvalue weighted by Gasteiger charge is 2.06. The summed E-state index contributed by atoms with van der Waals surface area (Å²) in [6.45, 7) is 5.26. The lowest BCUT2D eigenvalue weighted by Crippen LogP contribution is -2.39. The van der Waals surface area contributed by atoms with E-state index in [0.717, 1.165) is 0 Å². The first-order valence-corrected chi connectivity index (χ1v) is 8.35. The van der Waals surface area contributed by atoms with Crippen LogP contribution in [0.3, 0.4) is 0 Å². The molecule has 0 fully saturated rings. The molecule has 0 atom stereocenters. The van der Waals surface area contributed by atoms with Gasteiger partial charge in [-0.25, -0.2) is 8.42 Å². The number of sulfone groups is 1. The van der Waals surface area contributed by atoms with Crippen LogP contribution in [0.5, 0.6) is 5.75 Å². The number of ether oxygens (including phenoxy) is 1. The van der Waals surface area contributed by atoms with Crippen molar-refractivity contribution in [1.29, 1.82) is 0 Å². The number of rotatable bonds is 7. The van der Waals surface area contributed by atoms with Gasteiger partial charge in [-0.05, 0) is 24.3 Å². The predicted octanol–water partition coefficient (Wildman–Crippen LogP) is 1.44. The average Bonchev–Trinajstić information content (AvgIpc) is 2.46. The van der Waals surface area contributed by atoms with Gasteiger partial charge in [0.25, 0.3) is 0 Å². The van der Waals surface area contributed by atoms with Crippen molar-refractivity contribution >= 4 is 39.8 Å². The number of nitrogens with one attached hydrogen (secondary N) is 2. The monoisotopic (exact) mass is 439 g/mol. The minimum atomic E-state index is -3.17. The molecule has 6 nitrogen and oxygen atoms in total. The number of nitrogens with zero attached hydrogens (tertiary/aromatic N) is 1. The lowest BCUT2D eigenvalue weighted by molar-refractivity contribution is 0.322. The lowest BCUT2D eigenvalue weighted by atomic mass is 10.3. The van der Waals surface area contributed by atoms with Gasteiger partial charge in [-0.15, -0.1) is 30.6 Å². The summed E-state index contributed by atoms with van der Waals surface area (Å²) in [4.78, 5) is 4.31. The molecule has 124 valence electrons. The van der Waals surface area contributed by atoms with E-state index in [9.17, 15) is 8.42 Å². The van der Waals surface area contributed by atoms with Gasteiger partial charge < -0.3 is 15.4 Å². The maximum absolute atomic E-state index is 11.3. The van der Waals surface area contributed by atoms with Crippen LogP contribution in [0.15, 0.2) is 46.8 Å². The first-order chi connectivity index (χ1) is 9.97. The summed E-state index contributed by atoms with van der Waals surface area (Å²) >= 11 is 0. The third-order valence-electron chi connectivity index (χ3n) is 2.55. The fourth-order valence-corrected chi connectivity index (χ4v) is 2.14. The molecule has 0 aliphatic heterocycles. The first-order valence-electron chi connectivity index (χ1n) is 6.45. The number of guanidine groups is 1. The Bertz CT molecular complexity index is 586. The summed E-state index contributed by atoms with van der Waals surface area (Å²) in [6, 6.07) is 6.34. The van der Waals surface area contributed by atoms with E-state index in [-0.39, 0.29) is 28.9 Å². The molecule has 0 aliphatic rings. The highest BCUT2D eigenvalue weighted by molar-refractivity contribution is 14.0. The average molecular weight is 439 g/mol. The molecular weight excluding hydrogens is 417 g/mol. The van der Waals surface area contributed by atoms with Gasteiger partial charge in [0.2, 0.25) is 0 Å². The van der Waals surface area contributed by atoms with Crippen molar-refractivity contribution in [1.82, 2.24) is 10.6 Å². The molecule has 0 amide bonds. The Morgan fingerprint density at radius 1 is 1.32 bits per heavy atom. The number of aliphatic imine (C=N–C) groups is 1. The highest BCUT2D eigenvalue weighted by atomic mass is 127. The Balaban J connectivity index is 0.00000441. The van der Waals surface area contributed by atoms with Crippen LogP contribution >= 0.6 is 24.0 Å². The Labute approximate surface area is 149 Å². The van der Waals surface area contributed by atoms with E-state index in [0.29, 0.717) is 31.4 Å². The molecular formula is C14H22IN3O3S. The van der Waals surface area contributed by atoms with Crippen LogP contribution in [0.25, 0.3) is 0 Å². The van der Waals surface area contributed by atoms with Crippen molar-refractivity contribution in [2.24, 2.45) is 4.99 Å². The van der Waals surface area contributed by atoms with Gasteiger partial charge in [-0.3, -0.25) is 4.99 Å². The van der Waals surface area contributed by atoms with Gasteiger partial charge in [0, 0.05) is 19.8 Å². The SMILES string of the molecule is C=CCNC(=NC)NCCOc1ccc(S(C)(=O)=O)cc1.I. The molecule has 8 heteroatoms. The Hall–Kier alpha value is -1.29. The Morgan fingerprint density at radius 2 is 1.95 bits per heavy atom. The molecule has 22 heavy (non-hydrogen) atoms. The molecule has 1 rings (SSSR count). The van der Waals surface area contributed by atoms with Crippen LogP contribution < -0.4 is 15.4 Å². The molecule has 0 heterocycles. The second kappa shape index (κ2) is 10.4. The normalized spacial score (nSPS) is 11.3. The summed E-state index contributed by atoms with van der Waals surface area (Å²) in [5, 5.41) is 6.12. The zero-order valence-corrected chi connectivity index (χ0v) is 15.9. The largest absolute Gasteiger partial charge is 0.492 e. The van der Waals surface area contributed by atoms with Gasteiger partial charge in [0.15, 0.2) is 15.8 Å². The van der Waals surface area contributed by atoms with E-state index in [2.05, 4.69) is 22.2 Å². The number of hydrogen-bond acceptors (Lipinski definition) is 4. The molecule has 2 N–H and O–H groups in total. The smallest absolute Gasteiger partial charge is 0.191 e. The molecule has 0 aliphatic carbocycles. The van der Waals surface area contributed by atoms with Crippen molar-refractivity contribution in [3.63, 3.8) is 0 Å². The zero-order valence-electron chi connectivity index (χ0n) is 12.7. The number of hydrogen-bond donors (Lipinski definition) is 2. The van der Waals surface area contributed by atoms with E-state index in [1.54, 1.807) is 25.3 Å². The summed E-state index contributed by atoms with van der Waals surface area (Å²) in [5.41, 5.74) is 0. The minimum absolute atomic E-state index is 0. The third-order valence-corrected chi connectivity index (χ3v) is 3.68. The molecule has 0 radical (unpaired) electrons. The highest BCUT2D eigenvalue weighted by Crippen LogP contribution is 2.15. The van der Waals surface area contributed by atoms with Crippen LogP contribution in [0.4, 0.5) is 0 Å². The van der Waals surface area contributed by atoms with E-state index < -0.39 is 9.84 Å². The van der Waals surface area contributed by atoms with Crippen molar-refractivity contribution in [2.45, 2.75) is 4.90 Å². The summed E-state index contributed by atoms with van der Waals surface area (Å²) in [5.74, 6) is 1.30. The van der Waals surface area contributed by atoms with Crippen LogP contribution in [-0.4, -0.2) is 47.4 Å². The number of halogens is 1. The molecule has 1 aromatic carbocycles. The van der Waals surface area contributed by atoms with Crippen molar-refractivity contribution in [3.05, 3.63) is 36.9 Å². The predicted molar refractivity (Wildman–Crippen MR) is 100 cm³/mol. The minimum Gasteiger partial charge on any atom is -0.492 e. The van der Waals surface area contributed by atoms with Gasteiger partial charge in [0.1, 0.15) is 12.4 Å². The van der Waals surface area contributed by atoms with Crippen LogP contribution in [-0.2, 0) is 9.84 Å². The van der Waals surface area contributed by atoms with Crippen molar-refractivity contribution in [2.75, 3.05) is 33.0 Å². The van der Waals surface area contributed by atoms with Gasteiger partial charge in [0.05, 0.1) is 11.4 Å². The molecule has 0 bridgehead atoms. The topological polar surface area (TPSA) is 79.8 Å². The second-order valence-corrected chi connectivity index (χ2v) is 6.28. The standard InChI is InChI=1S/C14H21N3O3S.HI/c1-4-9-16-14(15-2)17-10-11-20-12-5-7-13(8-6-12)21(3,18)19;/h4-8H,1,9-11H2,2-3H3,(H2,15,16,17);1H. The first kappa shape index (κ1) is 20.7. The second-order valence-electron chi connectivity index (χ2n) is 4.26. The summed E-state index contributed by atoms with van der Waals surface area (Å²) in [6.07, 6.45) is 2.92. The maximum Gasteiger partial charge on any atom is 0.191 e. The van der Waals surface area contributed by atoms with Gasteiger partial charge in [-0.1, -0.05) is 6.08 Å². The third kappa shape index (κ3) is 7.64. The van der Waals surface area contributed by atoms with Gasteiger partial charge >= 0.3 is 0 Å². The lowest BCUT2D eigenvalue weighted by Gasteiger charge is -2.11. The van der Waals surface area contributed by atoms with E-state index in [4.69, 9.17) is 4.74 Å². The molecule has 0 unspecified atom stereocenters. The molecule has 0 saturated heterocycles. The zero-order chi connectivity index (χ0) is 15.7. The molecule has 1 aromatic rings. The van der Waals surface area contributed by atoms with Crippen LogP contribution in [0.2, 0.25) is 0 Å². The summed E-state index contributed by atoms with van der Waals surface area (Å²) in [7, 11) is -1.48. The van der Waals surface area contributed by atoms with E-state index >= 15 is 0 Å². The van der Waals surface area contributed by atoms with E-state index in [1.165, 1.54) is 18.4 Å². The fourth-order valence-electron chi connectivity index (χ4n) is 1.51. The van der Waals surface area contributed by atoms with Crippen LogP contribution in [0.1, 0.15) is 0 Å². The Kier molecular flexibility index (Phi) is 9.83. The number of benzene rings is 1. The quantitative estimate of drug-likeness (QED) is 0.221. The molecule has 0 aromatic heterocycles. The molecule has 0 saturated carbocycles.